The van der Waals surface area contributed by atoms with E-state index < -0.39 is 11.5 Å². The topological polar surface area (TPSA) is 101 Å². The number of hydrogen-bond acceptors (Lipinski definition) is 4. The molecule has 0 heterocycles. The predicted octanol–water partition coefficient (Wildman–Crippen LogP) is 3.77. The summed E-state index contributed by atoms with van der Waals surface area (Å²) in [5.74, 6) is 0.934. The lowest BCUT2D eigenvalue weighted by Gasteiger charge is -2.61. The molecule has 0 amide bonds. The van der Waals surface area contributed by atoms with Gasteiger partial charge in [0.25, 0.3) is 0 Å². The highest BCUT2D eigenvalue weighted by Gasteiger charge is 2.66. The largest absolute Gasteiger partial charge is 0.481 e. The summed E-state index contributed by atoms with van der Waals surface area (Å²) in [4.78, 5) is 24.5. The summed E-state index contributed by atoms with van der Waals surface area (Å²) in [6, 6.07) is 0. The van der Waals surface area contributed by atoms with Gasteiger partial charge in [0.1, 0.15) is 5.78 Å². The van der Waals surface area contributed by atoms with Crippen LogP contribution in [0.4, 0.5) is 0 Å². The third kappa shape index (κ3) is 3.02. The molecule has 4 N–H and O–H groups in total. The van der Waals surface area contributed by atoms with Crippen LogP contribution in [0.2, 0.25) is 0 Å². The summed E-state index contributed by atoms with van der Waals surface area (Å²) < 4.78 is 0. The maximum Gasteiger partial charge on any atom is 0.303 e. The zero-order valence-electron chi connectivity index (χ0n) is 18.3. The second kappa shape index (κ2) is 7.05. The van der Waals surface area contributed by atoms with Crippen LogP contribution in [0.25, 0.3) is 0 Å². The third-order valence-electron chi connectivity index (χ3n) is 10.4. The summed E-state index contributed by atoms with van der Waals surface area (Å²) >= 11 is 0. The molecule has 29 heavy (non-hydrogen) atoms. The van der Waals surface area contributed by atoms with Gasteiger partial charge < -0.3 is 15.9 Å². The van der Waals surface area contributed by atoms with E-state index in [1.807, 2.05) is 0 Å². The number of carbonyl (C=O) groups is 2. The van der Waals surface area contributed by atoms with Crippen LogP contribution in [0.3, 0.4) is 0 Å². The van der Waals surface area contributed by atoms with Crippen LogP contribution in [0.5, 0.6) is 0 Å². The Balaban J connectivity index is 1.61. The van der Waals surface area contributed by atoms with E-state index in [0.717, 1.165) is 44.9 Å². The average molecular weight is 406 g/mol. The first-order valence-electron chi connectivity index (χ1n) is 11.7. The molecule has 0 aromatic carbocycles. The minimum atomic E-state index is -0.759. The zero-order valence-corrected chi connectivity index (χ0v) is 18.3. The van der Waals surface area contributed by atoms with E-state index in [2.05, 4.69) is 20.8 Å². The van der Waals surface area contributed by atoms with Crippen molar-refractivity contribution >= 4 is 11.8 Å². The monoisotopic (exact) mass is 405 g/mol. The van der Waals surface area contributed by atoms with Crippen LogP contribution < -0.4 is 5.73 Å². The number of nitrogens with two attached hydrogens (primary N) is 1. The molecule has 4 aliphatic rings. The molecule has 0 spiro atoms. The molecule has 0 aromatic rings. The van der Waals surface area contributed by atoms with Crippen molar-refractivity contribution in [1.82, 2.24) is 0 Å². The Morgan fingerprint density at radius 1 is 1.17 bits per heavy atom. The van der Waals surface area contributed by atoms with E-state index in [9.17, 15) is 14.7 Å². The summed E-state index contributed by atoms with van der Waals surface area (Å²) in [5.41, 5.74) is 6.76. The average Bonchev–Trinajstić information content (AvgIpc) is 2.93. The number of carboxylic acid groups (broad SMARTS) is 1. The Labute approximate surface area is 174 Å². The minimum Gasteiger partial charge on any atom is -0.481 e. The smallest absolute Gasteiger partial charge is 0.303 e. The van der Waals surface area contributed by atoms with Crippen molar-refractivity contribution < 1.29 is 19.8 Å². The number of rotatable bonds is 4. The Kier molecular flexibility index (Phi) is 5.18. The van der Waals surface area contributed by atoms with E-state index in [1.165, 1.54) is 0 Å². The number of fused-ring (bicyclic) bond motifs is 5. The van der Waals surface area contributed by atoms with Crippen LogP contribution in [-0.4, -0.2) is 33.6 Å². The molecule has 4 rings (SSSR count). The van der Waals surface area contributed by atoms with Gasteiger partial charge in [0.05, 0.1) is 6.10 Å². The van der Waals surface area contributed by atoms with Crippen LogP contribution >= 0.6 is 0 Å². The second-order valence-electron chi connectivity index (χ2n) is 11.4. The molecule has 4 aliphatic carbocycles. The fourth-order valence-corrected chi connectivity index (χ4v) is 8.43. The number of ketones is 1. The van der Waals surface area contributed by atoms with E-state index >= 15 is 0 Å². The van der Waals surface area contributed by atoms with Crippen molar-refractivity contribution in [3.05, 3.63) is 0 Å². The predicted molar refractivity (Wildman–Crippen MR) is 111 cm³/mol. The molecule has 9 atom stereocenters. The molecule has 5 nitrogen and oxygen atoms in total. The van der Waals surface area contributed by atoms with Crippen molar-refractivity contribution in [3.63, 3.8) is 0 Å². The Morgan fingerprint density at radius 3 is 2.55 bits per heavy atom. The highest BCUT2D eigenvalue weighted by Crippen LogP contribution is 2.68. The number of hydrogen-bond donors (Lipinski definition) is 3. The van der Waals surface area contributed by atoms with Gasteiger partial charge in [-0.2, -0.15) is 0 Å². The van der Waals surface area contributed by atoms with E-state index in [1.54, 1.807) is 0 Å². The molecule has 4 fully saturated rings. The molecule has 5 heteroatoms. The van der Waals surface area contributed by atoms with Crippen LogP contribution in [0.15, 0.2) is 0 Å². The van der Waals surface area contributed by atoms with Gasteiger partial charge in [-0.25, -0.2) is 0 Å². The Hall–Kier alpha value is -0.940. The SMILES string of the molecule is C[C@H](CCC(=O)O)[C@@]1(N)CC[C@H]2C3C(=O)CC4C[C@H](O)CCC4(C)[C@H]3CC[C@@]21C. The molecule has 0 saturated heterocycles. The molecule has 3 unspecified atom stereocenters. The van der Waals surface area contributed by atoms with Gasteiger partial charge in [-0.1, -0.05) is 20.8 Å². The molecular formula is C24H39NO4. The lowest BCUT2D eigenvalue weighted by molar-refractivity contribution is -0.161. The molecule has 0 aliphatic heterocycles. The summed E-state index contributed by atoms with van der Waals surface area (Å²) in [6.45, 7) is 6.80. The van der Waals surface area contributed by atoms with Gasteiger partial charge >= 0.3 is 5.97 Å². The van der Waals surface area contributed by atoms with Gasteiger partial charge in [0.2, 0.25) is 0 Å². The number of aliphatic carboxylic acids is 1. The summed E-state index contributed by atoms with van der Waals surface area (Å²) in [5, 5.41) is 19.3. The summed E-state index contributed by atoms with van der Waals surface area (Å²) in [7, 11) is 0. The van der Waals surface area contributed by atoms with Crippen molar-refractivity contribution in [1.29, 1.82) is 0 Å². The highest BCUT2D eigenvalue weighted by molar-refractivity contribution is 5.83. The maximum atomic E-state index is 13.4. The van der Waals surface area contributed by atoms with Crippen LogP contribution in [0, 0.1) is 40.4 Å². The Bertz CT molecular complexity index is 694. The zero-order chi connectivity index (χ0) is 21.2. The fourth-order valence-electron chi connectivity index (χ4n) is 8.43. The summed E-state index contributed by atoms with van der Waals surface area (Å²) in [6.07, 6.45) is 7.76. The fraction of sp³-hybridized carbons (Fsp3) is 0.917. The van der Waals surface area contributed by atoms with Crippen LogP contribution in [0.1, 0.15) is 85.0 Å². The van der Waals surface area contributed by atoms with Crippen molar-refractivity contribution in [2.24, 2.45) is 46.2 Å². The third-order valence-corrected chi connectivity index (χ3v) is 10.4. The standard InChI is InChI=1S/C24H39NO4/c1-14(4-5-20(28)29)24(25)11-8-18-21-17(7-10-23(18,24)3)22(2)9-6-16(26)12-15(22)13-19(21)27/h14-18,21,26H,4-13,25H2,1-3H3,(H,28,29)/t14-,15?,16-,17+,18+,21?,22?,23+,24+/m1/s1. The maximum absolute atomic E-state index is 13.4. The van der Waals surface area contributed by atoms with E-state index in [4.69, 9.17) is 10.8 Å². The number of aliphatic hydroxyl groups excluding tert-OH is 1. The van der Waals surface area contributed by atoms with Crippen molar-refractivity contribution in [2.45, 2.75) is 96.6 Å². The van der Waals surface area contributed by atoms with Gasteiger partial charge in [-0.05, 0) is 85.9 Å². The normalized spacial score (nSPS) is 50.4. The first kappa shape index (κ1) is 21.3. The first-order valence-corrected chi connectivity index (χ1v) is 11.7. The number of Topliss-reactive ketones (excluding diaryl/α,β-unsaturated/α-hetero) is 1. The molecule has 0 aromatic heterocycles. The number of aliphatic hydroxyl groups is 1. The number of carbonyl (C=O) groups excluding carboxylic acids is 1. The Morgan fingerprint density at radius 2 is 1.86 bits per heavy atom. The molecule has 164 valence electrons. The van der Waals surface area contributed by atoms with Gasteiger partial charge in [-0.15, -0.1) is 0 Å². The lowest BCUT2D eigenvalue weighted by atomic mass is 9.43. The quantitative estimate of drug-likeness (QED) is 0.661. The minimum absolute atomic E-state index is 0.0981. The van der Waals surface area contributed by atoms with Gasteiger partial charge in [-0.3, -0.25) is 9.59 Å². The molecule has 4 saturated carbocycles. The molecule has 0 radical (unpaired) electrons. The second-order valence-corrected chi connectivity index (χ2v) is 11.4. The van der Waals surface area contributed by atoms with Crippen molar-refractivity contribution in [2.75, 3.05) is 0 Å². The van der Waals surface area contributed by atoms with E-state index in [-0.39, 0.29) is 35.2 Å². The molecular weight excluding hydrogens is 366 g/mol. The first-order chi connectivity index (χ1) is 13.5. The van der Waals surface area contributed by atoms with Gasteiger partial charge in [0.15, 0.2) is 0 Å². The highest BCUT2D eigenvalue weighted by atomic mass is 16.4. The molecule has 0 bridgehead atoms. The van der Waals surface area contributed by atoms with E-state index in [0.29, 0.717) is 36.4 Å². The van der Waals surface area contributed by atoms with Crippen LogP contribution in [-0.2, 0) is 9.59 Å². The number of carboxylic acids is 1. The van der Waals surface area contributed by atoms with Crippen molar-refractivity contribution in [3.8, 4) is 0 Å². The van der Waals surface area contributed by atoms with Gasteiger partial charge in [0, 0.05) is 24.3 Å². The lowest BCUT2D eigenvalue weighted by Crippen LogP contribution is -2.63.